The van der Waals surface area contributed by atoms with Crippen LogP contribution >= 0.6 is 0 Å². The van der Waals surface area contributed by atoms with Crippen LogP contribution in [0.4, 0.5) is 0 Å². The van der Waals surface area contributed by atoms with Gasteiger partial charge in [0.1, 0.15) is 0 Å². The summed E-state index contributed by atoms with van der Waals surface area (Å²) in [5.41, 5.74) is 4.04. The van der Waals surface area contributed by atoms with E-state index in [-0.39, 0.29) is 0 Å². The number of hydrogen-bond donors (Lipinski definition) is 1. The number of benzene rings is 1. The minimum Gasteiger partial charge on any atom is -0.383 e. The molecule has 0 aliphatic heterocycles. The lowest BCUT2D eigenvalue weighted by molar-refractivity contribution is 0.133. The third-order valence-electron chi connectivity index (χ3n) is 3.67. The highest BCUT2D eigenvalue weighted by atomic mass is 16.5. The molecule has 1 aromatic rings. The molecule has 0 fully saturated rings. The molecule has 0 spiro atoms. The van der Waals surface area contributed by atoms with Crippen LogP contribution in [0.15, 0.2) is 18.2 Å². The molecule has 0 heterocycles. The molecule has 3 nitrogen and oxygen atoms in total. The monoisotopic (exact) mass is 292 g/mol. The van der Waals surface area contributed by atoms with Gasteiger partial charge in [0.25, 0.3) is 0 Å². The van der Waals surface area contributed by atoms with E-state index in [4.69, 9.17) is 4.74 Å². The van der Waals surface area contributed by atoms with Crippen molar-refractivity contribution >= 4 is 0 Å². The van der Waals surface area contributed by atoms with E-state index in [1.165, 1.54) is 16.7 Å². The Kier molecular flexibility index (Phi) is 7.94. The molecule has 0 aromatic heterocycles. The predicted octanol–water partition coefficient (Wildman–Crippen LogP) is 3.17. The molecule has 0 radical (unpaired) electrons. The molecule has 1 unspecified atom stereocenters. The van der Waals surface area contributed by atoms with Crippen LogP contribution in [0.3, 0.4) is 0 Å². The van der Waals surface area contributed by atoms with E-state index in [1.54, 1.807) is 7.11 Å². The Labute approximate surface area is 130 Å². The van der Waals surface area contributed by atoms with Crippen molar-refractivity contribution in [3.05, 3.63) is 34.9 Å². The Morgan fingerprint density at radius 3 is 2.19 bits per heavy atom. The summed E-state index contributed by atoms with van der Waals surface area (Å²) in [6.45, 7) is 12.8. The summed E-state index contributed by atoms with van der Waals surface area (Å²) in [5, 5.41) is 3.47. The van der Waals surface area contributed by atoms with Crippen molar-refractivity contribution in [2.45, 2.75) is 33.7 Å². The highest BCUT2D eigenvalue weighted by Gasteiger charge is 2.16. The van der Waals surface area contributed by atoms with Crippen molar-refractivity contribution < 1.29 is 4.74 Å². The van der Waals surface area contributed by atoms with Crippen LogP contribution in [0.1, 0.15) is 36.6 Å². The number of aryl methyl sites for hydroxylation is 2. The van der Waals surface area contributed by atoms with Crippen molar-refractivity contribution in [1.29, 1.82) is 0 Å². The second-order valence-electron chi connectivity index (χ2n) is 6.41. The standard InChI is InChI=1S/C18H32N2O/c1-14(2)12-20(7-8-21-6)13-18(19-5)17-10-15(3)9-16(4)11-17/h9-11,14,18-19H,7-8,12-13H2,1-6H3. The fourth-order valence-electron chi connectivity index (χ4n) is 2.83. The predicted molar refractivity (Wildman–Crippen MR) is 90.9 cm³/mol. The maximum Gasteiger partial charge on any atom is 0.0589 e. The average molecular weight is 292 g/mol. The van der Waals surface area contributed by atoms with Gasteiger partial charge in [0.05, 0.1) is 6.61 Å². The van der Waals surface area contributed by atoms with Gasteiger partial charge in [0, 0.05) is 32.8 Å². The van der Waals surface area contributed by atoms with Crippen molar-refractivity contribution in [3.8, 4) is 0 Å². The number of hydrogen-bond acceptors (Lipinski definition) is 3. The summed E-state index contributed by atoms with van der Waals surface area (Å²) in [6, 6.07) is 7.17. The Morgan fingerprint density at radius 1 is 1.10 bits per heavy atom. The summed E-state index contributed by atoms with van der Waals surface area (Å²) >= 11 is 0. The third-order valence-corrected chi connectivity index (χ3v) is 3.67. The van der Waals surface area contributed by atoms with Crippen LogP contribution < -0.4 is 5.32 Å². The first kappa shape index (κ1) is 18.1. The van der Waals surface area contributed by atoms with Gasteiger partial charge >= 0.3 is 0 Å². The molecule has 1 rings (SSSR count). The summed E-state index contributed by atoms with van der Waals surface area (Å²) < 4.78 is 5.25. The quantitative estimate of drug-likeness (QED) is 0.756. The van der Waals surface area contributed by atoms with Crippen LogP contribution in [-0.2, 0) is 4.74 Å². The lowest BCUT2D eigenvalue weighted by atomic mass is 10.0. The first-order valence-corrected chi connectivity index (χ1v) is 7.93. The molecule has 1 aromatic carbocycles. The summed E-state index contributed by atoms with van der Waals surface area (Å²) in [7, 11) is 3.82. The smallest absolute Gasteiger partial charge is 0.0589 e. The van der Waals surface area contributed by atoms with Crippen molar-refractivity contribution in [2.24, 2.45) is 5.92 Å². The van der Waals surface area contributed by atoms with E-state index in [0.717, 1.165) is 26.2 Å². The van der Waals surface area contributed by atoms with Crippen LogP contribution in [-0.4, -0.2) is 45.3 Å². The number of likely N-dealkylation sites (N-methyl/N-ethyl adjacent to an activating group) is 1. The largest absolute Gasteiger partial charge is 0.383 e. The first-order chi connectivity index (χ1) is 9.96. The second kappa shape index (κ2) is 9.19. The Hall–Kier alpha value is -0.900. The van der Waals surface area contributed by atoms with E-state index >= 15 is 0 Å². The SMILES string of the molecule is CNC(CN(CCOC)CC(C)C)c1cc(C)cc(C)c1. The zero-order chi connectivity index (χ0) is 15.8. The zero-order valence-electron chi connectivity index (χ0n) is 14.6. The second-order valence-corrected chi connectivity index (χ2v) is 6.41. The molecule has 1 atom stereocenters. The fraction of sp³-hybridized carbons (Fsp3) is 0.667. The van der Waals surface area contributed by atoms with E-state index in [0.29, 0.717) is 12.0 Å². The van der Waals surface area contributed by atoms with Crippen molar-refractivity contribution in [3.63, 3.8) is 0 Å². The van der Waals surface area contributed by atoms with Gasteiger partial charge in [0.15, 0.2) is 0 Å². The van der Waals surface area contributed by atoms with Gasteiger partial charge in [-0.25, -0.2) is 0 Å². The number of nitrogens with one attached hydrogen (secondary N) is 1. The highest BCUT2D eigenvalue weighted by Crippen LogP contribution is 2.18. The number of ether oxygens (including phenoxy) is 1. The average Bonchev–Trinajstić information content (AvgIpc) is 2.40. The van der Waals surface area contributed by atoms with Gasteiger partial charge in [-0.3, -0.25) is 4.90 Å². The normalized spacial score (nSPS) is 13.1. The molecule has 0 amide bonds. The topological polar surface area (TPSA) is 24.5 Å². The van der Waals surface area contributed by atoms with Crippen molar-refractivity contribution in [1.82, 2.24) is 10.2 Å². The molecule has 0 bridgehead atoms. The van der Waals surface area contributed by atoms with Gasteiger partial charge in [-0.05, 0) is 32.4 Å². The van der Waals surface area contributed by atoms with Gasteiger partial charge in [-0.15, -0.1) is 0 Å². The minimum atomic E-state index is 0.360. The van der Waals surface area contributed by atoms with E-state index in [2.05, 4.69) is 56.1 Å². The zero-order valence-corrected chi connectivity index (χ0v) is 14.6. The molecule has 0 aliphatic rings. The maximum absolute atomic E-state index is 5.25. The van der Waals surface area contributed by atoms with Gasteiger partial charge in [-0.2, -0.15) is 0 Å². The van der Waals surface area contributed by atoms with E-state index in [1.807, 2.05) is 7.05 Å². The minimum absolute atomic E-state index is 0.360. The maximum atomic E-state index is 5.25. The molecule has 120 valence electrons. The molecule has 0 saturated carbocycles. The summed E-state index contributed by atoms with van der Waals surface area (Å²) in [4.78, 5) is 2.49. The van der Waals surface area contributed by atoms with Crippen LogP contribution in [0, 0.1) is 19.8 Å². The van der Waals surface area contributed by atoms with Gasteiger partial charge in [0.2, 0.25) is 0 Å². The molecule has 3 heteroatoms. The molecule has 21 heavy (non-hydrogen) atoms. The van der Waals surface area contributed by atoms with Crippen LogP contribution in [0.25, 0.3) is 0 Å². The number of nitrogens with zero attached hydrogens (tertiary/aromatic N) is 1. The Morgan fingerprint density at radius 2 is 1.71 bits per heavy atom. The lowest BCUT2D eigenvalue weighted by Crippen LogP contribution is -2.38. The van der Waals surface area contributed by atoms with Crippen molar-refractivity contribution in [2.75, 3.05) is 40.4 Å². The molecule has 0 aliphatic carbocycles. The third kappa shape index (κ3) is 6.60. The van der Waals surface area contributed by atoms with Crippen LogP contribution in [0.2, 0.25) is 0 Å². The highest BCUT2D eigenvalue weighted by molar-refractivity contribution is 5.30. The Balaban J connectivity index is 2.80. The molecular formula is C18H32N2O. The summed E-state index contributed by atoms with van der Waals surface area (Å²) in [5.74, 6) is 0.665. The first-order valence-electron chi connectivity index (χ1n) is 7.93. The summed E-state index contributed by atoms with van der Waals surface area (Å²) in [6.07, 6.45) is 0. The molecule has 0 saturated heterocycles. The van der Waals surface area contributed by atoms with Gasteiger partial charge in [-0.1, -0.05) is 43.2 Å². The number of rotatable bonds is 9. The number of methoxy groups -OCH3 is 1. The van der Waals surface area contributed by atoms with Gasteiger partial charge < -0.3 is 10.1 Å². The molecular weight excluding hydrogens is 260 g/mol. The van der Waals surface area contributed by atoms with E-state index < -0.39 is 0 Å². The Bertz CT molecular complexity index is 397. The lowest BCUT2D eigenvalue weighted by Gasteiger charge is -2.29. The molecule has 1 N–H and O–H groups in total. The van der Waals surface area contributed by atoms with Crippen LogP contribution in [0.5, 0.6) is 0 Å². The van der Waals surface area contributed by atoms with E-state index in [9.17, 15) is 0 Å². The fourth-order valence-corrected chi connectivity index (χ4v) is 2.83.